The van der Waals surface area contributed by atoms with Gasteiger partial charge in [0, 0.05) is 18.0 Å². The molecule has 1 fully saturated rings. The van der Waals surface area contributed by atoms with E-state index in [1.807, 2.05) is 24.0 Å². The monoisotopic (exact) mass is 407 g/mol. The summed E-state index contributed by atoms with van der Waals surface area (Å²) in [5.41, 5.74) is 10.4. The summed E-state index contributed by atoms with van der Waals surface area (Å²) in [6.45, 7) is 8.36. The Labute approximate surface area is 182 Å². The summed E-state index contributed by atoms with van der Waals surface area (Å²) in [4.78, 5) is 4.72. The summed E-state index contributed by atoms with van der Waals surface area (Å²) in [5, 5.41) is 14.0. The number of anilines is 1. The van der Waals surface area contributed by atoms with E-state index in [0.29, 0.717) is 18.2 Å². The van der Waals surface area contributed by atoms with Gasteiger partial charge in [0.15, 0.2) is 5.82 Å². The smallest absolute Gasteiger partial charge is 0.154 e. The van der Waals surface area contributed by atoms with Crippen LogP contribution in [0.4, 0.5) is 5.82 Å². The van der Waals surface area contributed by atoms with E-state index in [0.717, 1.165) is 48.9 Å². The molecule has 1 saturated carbocycles. The van der Waals surface area contributed by atoms with Crippen LogP contribution in [0.15, 0.2) is 40.6 Å². The van der Waals surface area contributed by atoms with Crippen molar-refractivity contribution in [1.29, 1.82) is 5.26 Å². The van der Waals surface area contributed by atoms with E-state index in [2.05, 4.69) is 50.2 Å². The number of aromatic nitrogens is 2. The lowest BCUT2D eigenvalue weighted by molar-refractivity contribution is 0.315. The van der Waals surface area contributed by atoms with Gasteiger partial charge in [-0.25, -0.2) is 0 Å². The lowest BCUT2D eigenvalue weighted by Crippen LogP contribution is -2.17. The molecule has 0 bridgehead atoms. The number of nitrogens with zero attached hydrogens (tertiary/aromatic N) is 4. The van der Waals surface area contributed by atoms with E-state index >= 15 is 0 Å². The molecule has 0 aliphatic heterocycles. The Kier molecular flexibility index (Phi) is 9.60. The van der Waals surface area contributed by atoms with Gasteiger partial charge in [-0.3, -0.25) is 9.67 Å². The molecule has 0 saturated heterocycles. The molecule has 0 aromatic carbocycles. The second-order valence-corrected chi connectivity index (χ2v) is 8.02. The Balaban J connectivity index is 2.58. The van der Waals surface area contributed by atoms with Crippen molar-refractivity contribution in [2.45, 2.75) is 85.1 Å². The molecular weight excluding hydrogens is 370 g/mol. The quantitative estimate of drug-likeness (QED) is 0.349. The van der Waals surface area contributed by atoms with Gasteiger partial charge in [0.25, 0.3) is 0 Å². The summed E-state index contributed by atoms with van der Waals surface area (Å²) in [7, 11) is 0. The summed E-state index contributed by atoms with van der Waals surface area (Å²) in [5.74, 6) is 0.965. The van der Waals surface area contributed by atoms with Gasteiger partial charge in [-0.05, 0) is 51.0 Å². The van der Waals surface area contributed by atoms with Crippen LogP contribution in [0.25, 0.3) is 5.70 Å². The highest BCUT2D eigenvalue weighted by Crippen LogP contribution is 2.38. The summed E-state index contributed by atoms with van der Waals surface area (Å²) < 4.78 is 1.93. The fraction of sp³-hybridized carbons (Fsp3) is 0.560. The van der Waals surface area contributed by atoms with Crippen molar-refractivity contribution in [3.05, 3.63) is 41.1 Å². The number of nitriles is 1. The third kappa shape index (κ3) is 5.95. The van der Waals surface area contributed by atoms with Crippen molar-refractivity contribution >= 4 is 17.7 Å². The minimum atomic E-state index is 0.0757. The summed E-state index contributed by atoms with van der Waals surface area (Å²) in [6.07, 6.45) is 18.7. The van der Waals surface area contributed by atoms with Crippen molar-refractivity contribution < 1.29 is 0 Å². The molecule has 0 radical (unpaired) electrons. The third-order valence-electron chi connectivity index (χ3n) is 5.80. The van der Waals surface area contributed by atoms with Gasteiger partial charge in [0.1, 0.15) is 0 Å². The fourth-order valence-electron chi connectivity index (χ4n) is 4.19. The second kappa shape index (κ2) is 12.2. The average Bonchev–Trinajstić information content (AvgIpc) is 3.40. The van der Waals surface area contributed by atoms with Crippen molar-refractivity contribution in [1.82, 2.24) is 9.78 Å². The zero-order chi connectivity index (χ0) is 21.9. The van der Waals surface area contributed by atoms with Crippen LogP contribution in [-0.2, 0) is 0 Å². The van der Waals surface area contributed by atoms with Gasteiger partial charge in [-0.1, -0.05) is 51.3 Å². The molecule has 1 atom stereocenters. The topological polar surface area (TPSA) is 80.0 Å². The van der Waals surface area contributed by atoms with Gasteiger partial charge in [0.05, 0.1) is 29.8 Å². The summed E-state index contributed by atoms with van der Waals surface area (Å²) in [6, 6.07) is 2.43. The zero-order valence-corrected chi connectivity index (χ0v) is 19.1. The van der Waals surface area contributed by atoms with Crippen LogP contribution >= 0.6 is 0 Å². The standard InChI is InChI=1S/C25H37N5/c1-5-8-12-19(4)21(15-9-6-2)24(28-7-3)22-18-30(29-25(22)27)23(16-17-26)20-13-10-11-14-20/h7,9,12,15,18,20,23H,5-6,8,10-11,13-14,16H2,1-4H3,(H2,27,29)/b15-9-,19-12+,24-21-,28-7-. The Bertz CT molecular complexity index is 841. The highest BCUT2D eigenvalue weighted by Gasteiger charge is 2.28. The minimum absolute atomic E-state index is 0.0757. The highest BCUT2D eigenvalue weighted by atomic mass is 15.3. The first-order valence-electron chi connectivity index (χ1n) is 11.4. The molecule has 2 N–H and O–H groups in total. The lowest BCUT2D eigenvalue weighted by atomic mass is 9.96. The SMILES string of the molecule is C\C=N/C(=C(/C=C\CC)C(\C)=C\CCC)c1cn(C(CC#N)C2CCCC2)nc1N. The van der Waals surface area contributed by atoms with Gasteiger partial charge in [-0.15, -0.1) is 0 Å². The lowest BCUT2D eigenvalue weighted by Gasteiger charge is -2.21. The minimum Gasteiger partial charge on any atom is -0.382 e. The van der Waals surface area contributed by atoms with Crippen LogP contribution in [-0.4, -0.2) is 16.0 Å². The van der Waals surface area contributed by atoms with E-state index in [9.17, 15) is 5.26 Å². The van der Waals surface area contributed by atoms with Crippen molar-refractivity contribution in [2.24, 2.45) is 10.9 Å². The molecule has 1 aromatic heterocycles. The number of hydrogen-bond donors (Lipinski definition) is 1. The van der Waals surface area contributed by atoms with E-state index < -0.39 is 0 Å². The molecule has 5 nitrogen and oxygen atoms in total. The largest absolute Gasteiger partial charge is 0.382 e. The van der Waals surface area contributed by atoms with Crippen LogP contribution in [0.2, 0.25) is 0 Å². The molecule has 1 aromatic rings. The fourth-order valence-corrected chi connectivity index (χ4v) is 4.19. The van der Waals surface area contributed by atoms with Crippen LogP contribution in [0, 0.1) is 17.2 Å². The van der Waals surface area contributed by atoms with Crippen molar-refractivity contribution in [3.63, 3.8) is 0 Å². The van der Waals surface area contributed by atoms with Gasteiger partial charge < -0.3 is 5.73 Å². The number of nitrogen functional groups attached to an aromatic ring is 1. The highest BCUT2D eigenvalue weighted by molar-refractivity contribution is 5.83. The molecule has 1 heterocycles. The maximum absolute atomic E-state index is 9.40. The predicted molar refractivity (Wildman–Crippen MR) is 127 cm³/mol. The Hall–Kier alpha value is -2.61. The number of hydrogen-bond acceptors (Lipinski definition) is 4. The Morgan fingerprint density at radius 2 is 2.13 bits per heavy atom. The Morgan fingerprint density at radius 1 is 1.40 bits per heavy atom. The van der Waals surface area contributed by atoms with Crippen molar-refractivity contribution in [2.75, 3.05) is 5.73 Å². The van der Waals surface area contributed by atoms with Crippen molar-refractivity contribution in [3.8, 4) is 6.07 Å². The molecule has 1 unspecified atom stereocenters. The number of unbranched alkanes of at least 4 members (excludes halogenated alkanes) is 1. The number of nitrogens with two attached hydrogens (primary N) is 1. The van der Waals surface area contributed by atoms with Crippen LogP contribution < -0.4 is 5.73 Å². The number of allylic oxidation sites excluding steroid dienone is 5. The second-order valence-electron chi connectivity index (χ2n) is 8.02. The molecule has 162 valence electrons. The molecular formula is C25H37N5. The molecule has 0 amide bonds. The number of rotatable bonds is 10. The van der Waals surface area contributed by atoms with Crippen LogP contribution in [0.5, 0.6) is 0 Å². The predicted octanol–water partition coefficient (Wildman–Crippen LogP) is 6.62. The van der Waals surface area contributed by atoms with Gasteiger partial charge >= 0.3 is 0 Å². The first-order valence-corrected chi connectivity index (χ1v) is 11.4. The molecule has 1 aliphatic carbocycles. The number of aliphatic imine (C=N–C) groups is 1. The first-order chi connectivity index (χ1) is 14.6. The van der Waals surface area contributed by atoms with Crippen LogP contribution in [0.3, 0.4) is 0 Å². The van der Waals surface area contributed by atoms with E-state index in [-0.39, 0.29) is 6.04 Å². The summed E-state index contributed by atoms with van der Waals surface area (Å²) >= 11 is 0. The van der Waals surface area contributed by atoms with Gasteiger partial charge in [-0.2, -0.15) is 10.4 Å². The molecule has 1 aliphatic rings. The molecule has 30 heavy (non-hydrogen) atoms. The normalized spacial score (nSPS) is 17.6. The first kappa shape index (κ1) is 23.7. The van der Waals surface area contributed by atoms with E-state index in [1.54, 1.807) is 0 Å². The molecule has 2 rings (SSSR count). The maximum atomic E-state index is 9.40. The van der Waals surface area contributed by atoms with Gasteiger partial charge in [0.2, 0.25) is 0 Å². The maximum Gasteiger partial charge on any atom is 0.154 e. The van der Waals surface area contributed by atoms with Crippen LogP contribution in [0.1, 0.15) is 90.7 Å². The molecule has 5 heteroatoms. The zero-order valence-electron chi connectivity index (χ0n) is 19.1. The molecule has 0 spiro atoms. The average molecular weight is 408 g/mol. The van der Waals surface area contributed by atoms with E-state index in [4.69, 9.17) is 10.7 Å². The Morgan fingerprint density at radius 3 is 2.73 bits per heavy atom. The third-order valence-corrected chi connectivity index (χ3v) is 5.80. The van der Waals surface area contributed by atoms with E-state index in [1.165, 1.54) is 18.4 Å².